The first kappa shape index (κ1) is 14.2. The number of nitro benzene ring substituents is 1. The third-order valence-electron chi connectivity index (χ3n) is 2.48. The second-order valence-corrected chi connectivity index (χ2v) is 3.75. The molecule has 1 aromatic carbocycles. The van der Waals surface area contributed by atoms with Gasteiger partial charge in [-0.1, -0.05) is 0 Å². The average Bonchev–Trinajstić information content (AvgIpc) is 2.47. The van der Waals surface area contributed by atoms with E-state index in [1.807, 2.05) is 0 Å². The van der Waals surface area contributed by atoms with Crippen molar-refractivity contribution in [2.24, 2.45) is 0 Å². The van der Waals surface area contributed by atoms with E-state index in [2.05, 4.69) is 10.2 Å². The van der Waals surface area contributed by atoms with Crippen LogP contribution >= 0.6 is 0 Å². The number of aromatic carboxylic acids is 1. The summed E-state index contributed by atoms with van der Waals surface area (Å²) in [5, 5.41) is 26.8. The van der Waals surface area contributed by atoms with Crippen molar-refractivity contribution in [3.8, 4) is 17.4 Å². The van der Waals surface area contributed by atoms with Crippen LogP contribution in [0, 0.1) is 10.1 Å². The fraction of sp³-hybridized carbons (Fsp3) is 0.0833. The maximum absolute atomic E-state index is 11.0. The fourth-order valence-corrected chi connectivity index (χ4v) is 1.52. The average molecular weight is 291 g/mol. The van der Waals surface area contributed by atoms with Gasteiger partial charge in [0, 0.05) is 6.07 Å². The number of non-ortho nitro benzene ring substituents is 1. The lowest BCUT2D eigenvalue weighted by Crippen LogP contribution is -2.03. The monoisotopic (exact) mass is 291 g/mol. The Morgan fingerprint density at radius 3 is 2.71 bits per heavy atom. The molecular weight excluding hydrogens is 282 g/mol. The number of methoxy groups -OCH3 is 1. The lowest BCUT2D eigenvalue weighted by atomic mass is 10.2. The largest absolute Gasteiger partial charge is 0.493 e. The number of hydrogen-bond acceptors (Lipinski definition) is 7. The summed E-state index contributed by atoms with van der Waals surface area (Å²) in [6.45, 7) is 0. The van der Waals surface area contributed by atoms with Crippen LogP contribution in [0.15, 0.2) is 30.5 Å². The zero-order valence-electron chi connectivity index (χ0n) is 10.7. The van der Waals surface area contributed by atoms with Gasteiger partial charge in [-0.2, -0.15) is 5.10 Å². The zero-order chi connectivity index (χ0) is 15.4. The van der Waals surface area contributed by atoms with Crippen LogP contribution in [0.3, 0.4) is 0 Å². The van der Waals surface area contributed by atoms with E-state index in [-0.39, 0.29) is 28.6 Å². The number of carbonyl (C=O) groups is 1. The van der Waals surface area contributed by atoms with E-state index in [1.54, 1.807) is 0 Å². The number of carboxylic acid groups (broad SMARTS) is 1. The molecule has 9 nitrogen and oxygen atoms in total. The molecule has 1 N–H and O–H groups in total. The van der Waals surface area contributed by atoms with Crippen LogP contribution in [0.5, 0.6) is 17.4 Å². The topological polar surface area (TPSA) is 125 Å². The Hall–Kier alpha value is -3.23. The molecule has 0 fully saturated rings. The molecule has 0 saturated heterocycles. The molecule has 108 valence electrons. The number of nitro groups is 1. The second kappa shape index (κ2) is 5.82. The first-order chi connectivity index (χ1) is 10.0. The summed E-state index contributed by atoms with van der Waals surface area (Å²) in [7, 11) is 1.31. The van der Waals surface area contributed by atoms with Crippen molar-refractivity contribution in [2.75, 3.05) is 7.11 Å². The molecule has 0 bridgehead atoms. The molecule has 2 rings (SSSR count). The van der Waals surface area contributed by atoms with E-state index >= 15 is 0 Å². The number of benzene rings is 1. The van der Waals surface area contributed by atoms with E-state index in [4.69, 9.17) is 14.6 Å². The highest BCUT2D eigenvalue weighted by atomic mass is 16.6. The standard InChI is InChI=1S/C12H9N3O6/c1-20-10-6-7(15(18)19)2-3-9(10)21-11-8(12(16)17)4-5-13-14-11/h2-6H,1H3,(H,16,17). The van der Waals surface area contributed by atoms with Crippen LogP contribution in [0.25, 0.3) is 0 Å². The van der Waals surface area contributed by atoms with Gasteiger partial charge in [-0.3, -0.25) is 10.1 Å². The predicted molar refractivity (Wildman–Crippen MR) is 68.7 cm³/mol. The summed E-state index contributed by atoms with van der Waals surface area (Å²) in [5.74, 6) is -1.31. The normalized spacial score (nSPS) is 9.95. The zero-order valence-corrected chi connectivity index (χ0v) is 10.7. The van der Waals surface area contributed by atoms with Gasteiger partial charge in [-0.25, -0.2) is 4.79 Å². The molecule has 0 aliphatic heterocycles. The summed E-state index contributed by atoms with van der Waals surface area (Å²) in [4.78, 5) is 21.1. The summed E-state index contributed by atoms with van der Waals surface area (Å²) in [5.41, 5.74) is -0.373. The first-order valence-electron chi connectivity index (χ1n) is 5.58. The highest BCUT2D eigenvalue weighted by Crippen LogP contribution is 2.34. The van der Waals surface area contributed by atoms with Crippen LogP contribution in [0.2, 0.25) is 0 Å². The molecule has 1 aromatic heterocycles. The van der Waals surface area contributed by atoms with Gasteiger partial charge in [0.1, 0.15) is 5.56 Å². The van der Waals surface area contributed by atoms with E-state index in [9.17, 15) is 14.9 Å². The lowest BCUT2D eigenvalue weighted by Gasteiger charge is -2.10. The number of aromatic nitrogens is 2. The van der Waals surface area contributed by atoms with E-state index < -0.39 is 10.9 Å². The van der Waals surface area contributed by atoms with Crippen LogP contribution in [-0.2, 0) is 0 Å². The summed E-state index contributed by atoms with van der Waals surface area (Å²) >= 11 is 0. The van der Waals surface area contributed by atoms with Crippen molar-refractivity contribution in [1.29, 1.82) is 0 Å². The number of nitrogens with zero attached hydrogens (tertiary/aromatic N) is 3. The Kier molecular flexibility index (Phi) is 3.93. The number of rotatable bonds is 5. The van der Waals surface area contributed by atoms with Gasteiger partial charge in [0.05, 0.1) is 24.3 Å². The van der Waals surface area contributed by atoms with E-state index in [0.717, 1.165) is 6.07 Å². The molecule has 9 heteroatoms. The minimum atomic E-state index is -1.24. The third-order valence-corrected chi connectivity index (χ3v) is 2.48. The van der Waals surface area contributed by atoms with E-state index in [0.29, 0.717) is 0 Å². The van der Waals surface area contributed by atoms with Crippen molar-refractivity contribution >= 4 is 11.7 Å². The molecule has 1 heterocycles. The third kappa shape index (κ3) is 3.03. The smallest absolute Gasteiger partial charge is 0.341 e. The van der Waals surface area contributed by atoms with Crippen molar-refractivity contribution in [3.63, 3.8) is 0 Å². The van der Waals surface area contributed by atoms with Gasteiger partial charge in [0.25, 0.3) is 11.6 Å². The van der Waals surface area contributed by atoms with Crippen LogP contribution in [-0.4, -0.2) is 33.3 Å². The Balaban J connectivity index is 2.40. The number of ether oxygens (including phenoxy) is 2. The van der Waals surface area contributed by atoms with Gasteiger partial charge in [-0.15, -0.1) is 5.10 Å². The van der Waals surface area contributed by atoms with Gasteiger partial charge in [-0.05, 0) is 12.1 Å². The van der Waals surface area contributed by atoms with Crippen molar-refractivity contribution in [3.05, 3.63) is 46.1 Å². The van der Waals surface area contributed by atoms with Crippen molar-refractivity contribution in [1.82, 2.24) is 10.2 Å². The number of carboxylic acids is 1. The minimum absolute atomic E-state index is 0.0752. The van der Waals surface area contributed by atoms with Gasteiger partial charge in [0.2, 0.25) is 0 Å². The maximum Gasteiger partial charge on any atom is 0.341 e. The summed E-state index contributed by atoms with van der Waals surface area (Å²) in [6, 6.07) is 4.88. The quantitative estimate of drug-likeness (QED) is 0.653. The Bertz CT molecular complexity index is 703. The van der Waals surface area contributed by atoms with Crippen molar-refractivity contribution < 1.29 is 24.3 Å². The van der Waals surface area contributed by atoms with Gasteiger partial charge in [0.15, 0.2) is 11.5 Å². The minimum Gasteiger partial charge on any atom is -0.493 e. The second-order valence-electron chi connectivity index (χ2n) is 3.75. The van der Waals surface area contributed by atoms with Crippen LogP contribution in [0.4, 0.5) is 5.69 Å². The molecule has 0 aliphatic carbocycles. The fourth-order valence-electron chi connectivity index (χ4n) is 1.52. The van der Waals surface area contributed by atoms with E-state index in [1.165, 1.54) is 31.5 Å². The first-order valence-corrected chi connectivity index (χ1v) is 5.58. The molecule has 0 saturated carbocycles. The lowest BCUT2D eigenvalue weighted by molar-refractivity contribution is -0.384. The summed E-state index contributed by atoms with van der Waals surface area (Å²) in [6.07, 6.45) is 1.21. The Morgan fingerprint density at radius 1 is 1.33 bits per heavy atom. The SMILES string of the molecule is COc1cc([N+](=O)[O-])ccc1Oc1nnccc1C(=O)O. The molecule has 0 aliphatic rings. The molecular formula is C12H9N3O6. The molecule has 0 amide bonds. The Morgan fingerprint density at radius 2 is 2.10 bits per heavy atom. The predicted octanol–water partition coefficient (Wildman–Crippen LogP) is 1.88. The summed E-state index contributed by atoms with van der Waals surface area (Å²) < 4.78 is 10.3. The molecule has 0 radical (unpaired) electrons. The molecule has 0 atom stereocenters. The van der Waals surface area contributed by atoms with Crippen LogP contribution < -0.4 is 9.47 Å². The van der Waals surface area contributed by atoms with Gasteiger partial charge < -0.3 is 14.6 Å². The highest BCUT2D eigenvalue weighted by Gasteiger charge is 2.17. The molecule has 0 spiro atoms. The Labute approximate surface area is 117 Å². The van der Waals surface area contributed by atoms with Crippen molar-refractivity contribution in [2.45, 2.75) is 0 Å². The molecule has 0 unspecified atom stereocenters. The van der Waals surface area contributed by atoms with Gasteiger partial charge >= 0.3 is 5.97 Å². The highest BCUT2D eigenvalue weighted by molar-refractivity contribution is 5.90. The molecule has 2 aromatic rings. The van der Waals surface area contributed by atoms with Crippen LogP contribution in [0.1, 0.15) is 10.4 Å². The number of hydrogen-bond donors (Lipinski definition) is 1. The maximum atomic E-state index is 11.0. The molecule has 21 heavy (non-hydrogen) atoms.